The lowest BCUT2D eigenvalue weighted by atomic mass is 9.85. The van der Waals surface area contributed by atoms with Crippen LogP contribution in [0, 0.1) is 11.7 Å². The second kappa shape index (κ2) is 7.11. The average Bonchev–Trinajstić information content (AvgIpc) is 3.03. The van der Waals surface area contributed by atoms with Crippen LogP contribution in [0.2, 0.25) is 0 Å². The molecule has 3 aromatic rings. The van der Waals surface area contributed by atoms with Crippen molar-refractivity contribution in [1.29, 1.82) is 0 Å². The standard InChI is InChI=1S/C19H18FN3O3S/c20-12-5-6-14-10(8-12)4-7-15-16(14)27-18(22-15)23-17(24)11-2-1-3-13(9-11)21-19(25)26/h4-8,11,13,21H,1-3,9H2,(H,25,26)(H,22,23,24)/t11-,13-/m0/s1. The number of hydrogen-bond donors (Lipinski definition) is 3. The van der Waals surface area contributed by atoms with E-state index in [2.05, 4.69) is 15.6 Å². The molecule has 1 aliphatic carbocycles. The highest BCUT2D eigenvalue weighted by Gasteiger charge is 2.28. The van der Waals surface area contributed by atoms with Crippen LogP contribution in [-0.2, 0) is 4.79 Å². The van der Waals surface area contributed by atoms with Crippen molar-refractivity contribution in [3.8, 4) is 0 Å². The van der Waals surface area contributed by atoms with Crippen LogP contribution in [0.25, 0.3) is 21.0 Å². The molecule has 4 rings (SSSR count). The molecular weight excluding hydrogens is 369 g/mol. The molecule has 1 aliphatic rings. The number of carboxylic acid groups (broad SMARTS) is 1. The first kappa shape index (κ1) is 17.7. The van der Waals surface area contributed by atoms with Gasteiger partial charge in [-0.25, -0.2) is 14.2 Å². The van der Waals surface area contributed by atoms with Crippen LogP contribution in [0.4, 0.5) is 14.3 Å². The molecule has 1 fully saturated rings. The Morgan fingerprint density at radius 2 is 2.07 bits per heavy atom. The van der Waals surface area contributed by atoms with Gasteiger partial charge in [0.05, 0.1) is 10.2 Å². The third-order valence-electron chi connectivity index (χ3n) is 4.94. The molecule has 2 aromatic carbocycles. The third-order valence-corrected chi connectivity index (χ3v) is 5.95. The number of aromatic nitrogens is 1. The molecule has 0 aliphatic heterocycles. The second-order valence-corrected chi connectivity index (χ2v) is 7.80. The molecule has 3 N–H and O–H groups in total. The van der Waals surface area contributed by atoms with Gasteiger partial charge in [0.2, 0.25) is 5.91 Å². The first-order valence-corrected chi connectivity index (χ1v) is 9.60. The number of carbonyl (C=O) groups excluding carboxylic acids is 1. The van der Waals surface area contributed by atoms with E-state index in [1.807, 2.05) is 12.1 Å². The van der Waals surface area contributed by atoms with Crippen molar-refractivity contribution in [2.75, 3.05) is 5.32 Å². The summed E-state index contributed by atoms with van der Waals surface area (Å²) >= 11 is 1.36. The number of nitrogens with one attached hydrogen (secondary N) is 2. The number of carbonyl (C=O) groups is 2. The molecule has 8 heteroatoms. The van der Waals surface area contributed by atoms with Crippen LogP contribution in [0.1, 0.15) is 25.7 Å². The highest BCUT2D eigenvalue weighted by Crippen LogP contribution is 2.34. The smallest absolute Gasteiger partial charge is 0.404 e. The maximum absolute atomic E-state index is 13.4. The van der Waals surface area contributed by atoms with Crippen LogP contribution in [-0.4, -0.2) is 28.1 Å². The maximum atomic E-state index is 13.4. The van der Waals surface area contributed by atoms with Gasteiger partial charge in [-0.3, -0.25) is 4.79 Å². The first-order chi connectivity index (χ1) is 13.0. The molecule has 0 saturated heterocycles. The van der Waals surface area contributed by atoms with Crippen LogP contribution >= 0.6 is 11.3 Å². The van der Waals surface area contributed by atoms with Crippen molar-refractivity contribution >= 4 is 49.5 Å². The van der Waals surface area contributed by atoms with E-state index < -0.39 is 6.09 Å². The molecule has 0 unspecified atom stereocenters. The van der Waals surface area contributed by atoms with Gasteiger partial charge >= 0.3 is 6.09 Å². The summed E-state index contributed by atoms with van der Waals surface area (Å²) in [6.07, 6.45) is 1.72. The number of rotatable bonds is 3. The number of benzene rings is 2. The lowest BCUT2D eigenvalue weighted by Gasteiger charge is -2.27. The number of hydrogen-bond acceptors (Lipinski definition) is 4. The highest BCUT2D eigenvalue weighted by molar-refractivity contribution is 7.23. The summed E-state index contributed by atoms with van der Waals surface area (Å²) in [4.78, 5) is 27.9. The fourth-order valence-electron chi connectivity index (χ4n) is 3.68. The maximum Gasteiger partial charge on any atom is 0.404 e. The molecule has 1 heterocycles. The summed E-state index contributed by atoms with van der Waals surface area (Å²) in [7, 11) is 0. The van der Waals surface area contributed by atoms with E-state index in [-0.39, 0.29) is 23.7 Å². The van der Waals surface area contributed by atoms with Crippen LogP contribution < -0.4 is 10.6 Å². The zero-order chi connectivity index (χ0) is 19.0. The Morgan fingerprint density at radius 3 is 2.89 bits per heavy atom. The van der Waals surface area contributed by atoms with E-state index in [1.54, 1.807) is 6.07 Å². The molecular formula is C19H18FN3O3S. The Balaban J connectivity index is 1.53. The monoisotopic (exact) mass is 387 g/mol. The number of fused-ring (bicyclic) bond motifs is 3. The Labute approximate surface area is 158 Å². The zero-order valence-electron chi connectivity index (χ0n) is 14.4. The highest BCUT2D eigenvalue weighted by atomic mass is 32.1. The van der Waals surface area contributed by atoms with Crippen LogP contribution in [0.5, 0.6) is 0 Å². The van der Waals surface area contributed by atoms with Gasteiger partial charge in [-0.1, -0.05) is 23.8 Å². The summed E-state index contributed by atoms with van der Waals surface area (Å²) in [5, 5.41) is 16.4. The third kappa shape index (κ3) is 3.71. The fourth-order valence-corrected chi connectivity index (χ4v) is 4.68. The summed E-state index contributed by atoms with van der Waals surface area (Å²) in [5.41, 5.74) is 0.753. The van der Waals surface area contributed by atoms with Crippen molar-refractivity contribution in [3.05, 3.63) is 36.1 Å². The molecule has 1 saturated carbocycles. The number of amides is 2. The molecule has 27 heavy (non-hydrogen) atoms. The second-order valence-electron chi connectivity index (χ2n) is 6.80. The quantitative estimate of drug-likeness (QED) is 0.623. The Kier molecular flexibility index (Phi) is 4.65. The van der Waals surface area contributed by atoms with Gasteiger partial charge in [0, 0.05) is 17.3 Å². The predicted octanol–water partition coefficient (Wildman–Crippen LogP) is 4.35. The van der Waals surface area contributed by atoms with E-state index in [1.165, 1.54) is 23.5 Å². The van der Waals surface area contributed by atoms with Crippen LogP contribution in [0.3, 0.4) is 0 Å². The SMILES string of the molecule is O=C(O)N[C@H]1CCC[C@H](C(=O)Nc2nc3ccc4cc(F)ccc4c3s2)C1. The normalized spacial score (nSPS) is 19.9. The zero-order valence-corrected chi connectivity index (χ0v) is 15.2. The predicted molar refractivity (Wildman–Crippen MR) is 103 cm³/mol. The van der Waals surface area contributed by atoms with Crippen molar-refractivity contribution in [1.82, 2.24) is 10.3 Å². The lowest BCUT2D eigenvalue weighted by Crippen LogP contribution is -2.40. The molecule has 140 valence electrons. The molecule has 0 spiro atoms. The Hall–Kier alpha value is -2.74. The average molecular weight is 387 g/mol. The Morgan fingerprint density at radius 1 is 1.22 bits per heavy atom. The summed E-state index contributed by atoms with van der Waals surface area (Å²) in [6, 6.07) is 8.05. The van der Waals surface area contributed by atoms with Crippen molar-refractivity contribution in [2.45, 2.75) is 31.7 Å². The van der Waals surface area contributed by atoms with E-state index in [9.17, 15) is 14.0 Å². The van der Waals surface area contributed by atoms with Gasteiger partial charge in [0.15, 0.2) is 5.13 Å². The van der Waals surface area contributed by atoms with E-state index >= 15 is 0 Å². The van der Waals surface area contributed by atoms with Gasteiger partial charge in [0.1, 0.15) is 5.82 Å². The molecule has 1 aromatic heterocycles. The minimum atomic E-state index is -1.06. The molecule has 0 radical (unpaired) electrons. The first-order valence-electron chi connectivity index (χ1n) is 8.79. The molecule has 2 atom stereocenters. The molecule has 2 amide bonds. The summed E-state index contributed by atoms with van der Waals surface area (Å²) in [6.45, 7) is 0. The van der Waals surface area contributed by atoms with Crippen molar-refractivity contribution in [2.24, 2.45) is 5.92 Å². The van der Waals surface area contributed by atoms with Gasteiger partial charge in [-0.15, -0.1) is 0 Å². The minimum absolute atomic E-state index is 0.138. The lowest BCUT2D eigenvalue weighted by molar-refractivity contribution is -0.121. The van der Waals surface area contributed by atoms with Crippen molar-refractivity contribution in [3.63, 3.8) is 0 Å². The number of thiazole rings is 1. The van der Waals surface area contributed by atoms with Gasteiger partial charge < -0.3 is 15.7 Å². The van der Waals surface area contributed by atoms with Crippen molar-refractivity contribution < 1.29 is 19.1 Å². The summed E-state index contributed by atoms with van der Waals surface area (Å²) < 4.78 is 14.3. The van der Waals surface area contributed by atoms with E-state index in [0.717, 1.165) is 40.3 Å². The van der Waals surface area contributed by atoms with Gasteiger partial charge in [0.25, 0.3) is 0 Å². The topological polar surface area (TPSA) is 91.3 Å². The fraction of sp³-hybridized carbons (Fsp3) is 0.316. The minimum Gasteiger partial charge on any atom is -0.465 e. The number of anilines is 1. The van der Waals surface area contributed by atoms with E-state index in [4.69, 9.17) is 5.11 Å². The Bertz CT molecular complexity index is 1040. The molecule has 0 bridgehead atoms. The largest absolute Gasteiger partial charge is 0.465 e. The van der Waals surface area contributed by atoms with E-state index in [0.29, 0.717) is 11.6 Å². The van der Waals surface area contributed by atoms with Crippen LogP contribution in [0.15, 0.2) is 30.3 Å². The van der Waals surface area contributed by atoms with Gasteiger partial charge in [-0.2, -0.15) is 0 Å². The molecule has 6 nitrogen and oxygen atoms in total. The number of halogens is 1. The summed E-state index contributed by atoms with van der Waals surface area (Å²) in [5.74, 6) is -0.670. The van der Waals surface area contributed by atoms with Gasteiger partial charge in [-0.05, 0) is 48.9 Å². The number of nitrogens with zero attached hydrogens (tertiary/aromatic N) is 1.